The Morgan fingerprint density at radius 3 is 2.19 bits per heavy atom. The van der Waals surface area contributed by atoms with Gasteiger partial charge in [0.15, 0.2) is 0 Å². The first kappa shape index (κ1) is 23.5. The minimum absolute atomic E-state index is 0.0321. The molecule has 3 aromatic rings. The Morgan fingerprint density at radius 2 is 1.56 bits per heavy atom. The molecule has 0 saturated heterocycles. The van der Waals surface area contributed by atoms with E-state index in [0.29, 0.717) is 6.54 Å². The second-order valence-electron chi connectivity index (χ2n) is 7.46. The Kier molecular flexibility index (Phi) is 8.03. The molecule has 0 aliphatic rings. The van der Waals surface area contributed by atoms with E-state index in [1.165, 1.54) is 36.2 Å². The van der Waals surface area contributed by atoms with Crippen LogP contribution in [0.5, 0.6) is 5.75 Å². The van der Waals surface area contributed by atoms with Crippen LogP contribution >= 0.6 is 0 Å². The lowest BCUT2D eigenvalue weighted by Gasteiger charge is -2.19. The molecule has 0 unspecified atom stereocenters. The smallest absolute Gasteiger partial charge is 0.251 e. The van der Waals surface area contributed by atoms with Crippen molar-refractivity contribution in [2.24, 2.45) is 0 Å². The van der Waals surface area contributed by atoms with Gasteiger partial charge in [-0.25, -0.2) is 8.42 Å². The summed E-state index contributed by atoms with van der Waals surface area (Å²) in [6.45, 7) is 0.706. The van der Waals surface area contributed by atoms with Crippen LogP contribution in [0.2, 0.25) is 0 Å². The Labute approximate surface area is 189 Å². The standard InChI is InChI=1S/C25H28N2O4S/c1-27(19-21-12-7-4-8-13-21)32(29,30)24-18-22(15-16-23(24)31-2)25(28)26-17-9-14-20-10-5-3-6-11-20/h3-8,10-13,15-16,18H,9,14,17,19H2,1-2H3,(H,26,28). The summed E-state index contributed by atoms with van der Waals surface area (Å²) in [6, 6.07) is 23.8. The molecule has 3 rings (SSSR count). The molecule has 0 radical (unpaired) electrons. The number of nitrogens with one attached hydrogen (secondary N) is 1. The molecule has 32 heavy (non-hydrogen) atoms. The highest BCUT2D eigenvalue weighted by atomic mass is 32.2. The average Bonchev–Trinajstić information content (AvgIpc) is 2.82. The quantitative estimate of drug-likeness (QED) is 0.474. The molecule has 0 fully saturated rings. The van der Waals surface area contributed by atoms with Gasteiger partial charge in [-0.05, 0) is 42.2 Å². The van der Waals surface area contributed by atoms with E-state index in [0.717, 1.165) is 18.4 Å². The number of aryl methyl sites for hydroxylation is 1. The van der Waals surface area contributed by atoms with Crippen LogP contribution < -0.4 is 10.1 Å². The number of nitrogens with zero attached hydrogens (tertiary/aromatic N) is 1. The van der Waals surface area contributed by atoms with Crippen molar-refractivity contribution in [3.63, 3.8) is 0 Å². The lowest BCUT2D eigenvalue weighted by Crippen LogP contribution is -2.28. The van der Waals surface area contributed by atoms with Crippen LogP contribution in [0.25, 0.3) is 0 Å². The van der Waals surface area contributed by atoms with Gasteiger partial charge in [0, 0.05) is 25.7 Å². The van der Waals surface area contributed by atoms with Gasteiger partial charge in [0.1, 0.15) is 10.6 Å². The van der Waals surface area contributed by atoms with E-state index in [4.69, 9.17) is 4.74 Å². The van der Waals surface area contributed by atoms with Crippen LogP contribution in [0.3, 0.4) is 0 Å². The van der Waals surface area contributed by atoms with E-state index in [1.54, 1.807) is 6.07 Å². The molecule has 0 heterocycles. The SMILES string of the molecule is COc1ccc(C(=O)NCCCc2ccccc2)cc1S(=O)(=O)N(C)Cc1ccccc1. The summed E-state index contributed by atoms with van der Waals surface area (Å²) in [5.74, 6) is -0.117. The predicted molar refractivity (Wildman–Crippen MR) is 125 cm³/mol. The largest absolute Gasteiger partial charge is 0.495 e. The minimum Gasteiger partial charge on any atom is -0.495 e. The summed E-state index contributed by atoms with van der Waals surface area (Å²) in [6.07, 6.45) is 1.64. The van der Waals surface area contributed by atoms with Gasteiger partial charge in [-0.3, -0.25) is 4.79 Å². The Bertz CT molecular complexity index is 1130. The maximum absolute atomic E-state index is 13.2. The third-order valence-corrected chi connectivity index (χ3v) is 6.96. The summed E-state index contributed by atoms with van der Waals surface area (Å²) >= 11 is 0. The molecule has 1 amide bonds. The molecule has 0 saturated carbocycles. The summed E-state index contributed by atoms with van der Waals surface area (Å²) in [5.41, 5.74) is 2.35. The Morgan fingerprint density at radius 1 is 0.938 bits per heavy atom. The molecular weight excluding hydrogens is 424 g/mol. The molecule has 7 heteroatoms. The molecule has 0 spiro atoms. The fourth-order valence-electron chi connectivity index (χ4n) is 3.35. The predicted octanol–water partition coefficient (Wildman–Crippen LogP) is 3.88. The van der Waals surface area contributed by atoms with Crippen molar-refractivity contribution < 1.29 is 17.9 Å². The second kappa shape index (κ2) is 10.9. The molecule has 168 valence electrons. The molecule has 1 N–H and O–H groups in total. The van der Waals surface area contributed by atoms with Crippen LogP contribution in [-0.2, 0) is 23.0 Å². The molecule has 6 nitrogen and oxygen atoms in total. The van der Waals surface area contributed by atoms with E-state index in [-0.39, 0.29) is 28.7 Å². The molecule has 0 aliphatic carbocycles. The lowest BCUT2D eigenvalue weighted by molar-refractivity contribution is 0.0953. The van der Waals surface area contributed by atoms with Gasteiger partial charge in [0.05, 0.1) is 7.11 Å². The normalized spacial score (nSPS) is 11.3. The van der Waals surface area contributed by atoms with Crippen molar-refractivity contribution in [1.29, 1.82) is 0 Å². The number of hydrogen-bond donors (Lipinski definition) is 1. The van der Waals surface area contributed by atoms with E-state index in [1.807, 2.05) is 60.7 Å². The number of methoxy groups -OCH3 is 1. The van der Waals surface area contributed by atoms with Gasteiger partial charge in [0.25, 0.3) is 5.91 Å². The zero-order chi connectivity index (χ0) is 23.0. The Balaban J connectivity index is 1.70. The fraction of sp³-hybridized carbons (Fsp3) is 0.240. The zero-order valence-electron chi connectivity index (χ0n) is 18.3. The van der Waals surface area contributed by atoms with Crippen molar-refractivity contribution in [2.45, 2.75) is 24.3 Å². The third-order valence-electron chi connectivity index (χ3n) is 5.13. The van der Waals surface area contributed by atoms with Crippen molar-refractivity contribution in [1.82, 2.24) is 9.62 Å². The third kappa shape index (κ3) is 5.96. The number of benzene rings is 3. The van der Waals surface area contributed by atoms with Crippen molar-refractivity contribution in [3.05, 3.63) is 95.6 Å². The zero-order valence-corrected chi connectivity index (χ0v) is 19.1. The monoisotopic (exact) mass is 452 g/mol. The first-order chi connectivity index (χ1) is 15.4. The highest BCUT2D eigenvalue weighted by molar-refractivity contribution is 7.89. The molecule has 0 bridgehead atoms. The highest BCUT2D eigenvalue weighted by Gasteiger charge is 2.26. The van der Waals surface area contributed by atoms with E-state index in [2.05, 4.69) is 5.32 Å². The number of amides is 1. The number of carbonyl (C=O) groups excluding carboxylic acids is 1. The fourth-order valence-corrected chi connectivity index (χ4v) is 4.69. The minimum atomic E-state index is -3.87. The topological polar surface area (TPSA) is 75.7 Å². The van der Waals surface area contributed by atoms with Gasteiger partial charge in [-0.15, -0.1) is 0 Å². The van der Waals surface area contributed by atoms with Gasteiger partial charge < -0.3 is 10.1 Å². The van der Waals surface area contributed by atoms with Crippen LogP contribution in [0.15, 0.2) is 83.8 Å². The summed E-state index contributed by atoms with van der Waals surface area (Å²) in [7, 11) is -0.945. The maximum Gasteiger partial charge on any atom is 0.251 e. The molecule has 3 aromatic carbocycles. The lowest BCUT2D eigenvalue weighted by atomic mass is 10.1. The maximum atomic E-state index is 13.2. The highest BCUT2D eigenvalue weighted by Crippen LogP contribution is 2.28. The van der Waals surface area contributed by atoms with Crippen molar-refractivity contribution in [2.75, 3.05) is 20.7 Å². The number of carbonyl (C=O) groups is 1. The van der Waals surface area contributed by atoms with Crippen LogP contribution in [-0.4, -0.2) is 39.3 Å². The average molecular weight is 453 g/mol. The van der Waals surface area contributed by atoms with Gasteiger partial charge >= 0.3 is 0 Å². The number of rotatable bonds is 10. The van der Waals surface area contributed by atoms with Crippen LogP contribution in [0.4, 0.5) is 0 Å². The second-order valence-corrected chi connectivity index (χ2v) is 9.47. The molecular formula is C25H28N2O4S. The molecule has 0 aliphatic heterocycles. The van der Waals surface area contributed by atoms with E-state index in [9.17, 15) is 13.2 Å². The number of sulfonamides is 1. The van der Waals surface area contributed by atoms with E-state index >= 15 is 0 Å². The first-order valence-electron chi connectivity index (χ1n) is 10.4. The van der Waals surface area contributed by atoms with Crippen LogP contribution in [0, 0.1) is 0 Å². The van der Waals surface area contributed by atoms with Crippen molar-refractivity contribution >= 4 is 15.9 Å². The molecule has 0 atom stereocenters. The van der Waals surface area contributed by atoms with Gasteiger partial charge in [0.2, 0.25) is 10.0 Å². The summed E-state index contributed by atoms with van der Waals surface area (Å²) < 4.78 is 33.0. The number of ether oxygens (including phenoxy) is 1. The number of hydrogen-bond acceptors (Lipinski definition) is 4. The first-order valence-corrected chi connectivity index (χ1v) is 11.9. The van der Waals surface area contributed by atoms with Gasteiger partial charge in [-0.2, -0.15) is 4.31 Å². The summed E-state index contributed by atoms with van der Waals surface area (Å²) in [5, 5.41) is 2.87. The molecule has 0 aromatic heterocycles. The van der Waals surface area contributed by atoms with Gasteiger partial charge in [-0.1, -0.05) is 60.7 Å². The summed E-state index contributed by atoms with van der Waals surface area (Å²) in [4.78, 5) is 12.6. The Hall–Kier alpha value is -3.16. The van der Waals surface area contributed by atoms with E-state index < -0.39 is 10.0 Å². The van der Waals surface area contributed by atoms with Crippen LogP contribution in [0.1, 0.15) is 27.9 Å². The van der Waals surface area contributed by atoms with Crippen molar-refractivity contribution in [3.8, 4) is 5.75 Å².